The number of unbranched alkanes of at least 4 members (excludes halogenated alkanes) is 1. The van der Waals surface area contributed by atoms with E-state index in [9.17, 15) is 10.2 Å². The van der Waals surface area contributed by atoms with Gasteiger partial charge in [0, 0.05) is 36.6 Å². The van der Waals surface area contributed by atoms with E-state index in [1.807, 2.05) is 74.6 Å². The number of aryl methyl sites for hydroxylation is 1. The van der Waals surface area contributed by atoms with Gasteiger partial charge in [0.1, 0.15) is 28.8 Å². The second-order valence-electron chi connectivity index (χ2n) is 24.6. The quantitative estimate of drug-likeness (QED) is 0.0527. The van der Waals surface area contributed by atoms with Gasteiger partial charge in [0.05, 0.1) is 18.0 Å². The summed E-state index contributed by atoms with van der Waals surface area (Å²) in [5.74, 6) is 1.91. The lowest BCUT2D eigenvalue weighted by Gasteiger charge is -2.36. The van der Waals surface area contributed by atoms with Gasteiger partial charge in [-0.05, 0) is 100 Å². The van der Waals surface area contributed by atoms with E-state index in [0.717, 1.165) is 96.6 Å². The Labute approximate surface area is 580 Å². The molecule has 2 unspecified atom stereocenters. The fraction of sp³-hybridized carbons (Fsp3) is 0.171. The Balaban J connectivity index is 0.774. The highest BCUT2D eigenvalue weighted by molar-refractivity contribution is 6.30. The zero-order chi connectivity index (χ0) is 67.0. The van der Waals surface area contributed by atoms with E-state index >= 15 is 0 Å². The average molecular weight is 1330 g/mol. The molecule has 10 aromatic carbocycles. The first-order chi connectivity index (χ1) is 48.3. The number of nitrogens with zero attached hydrogens (tertiary/aromatic N) is 12. The summed E-state index contributed by atoms with van der Waals surface area (Å²) in [6.45, 7) is 4.55. The first-order valence-corrected chi connectivity index (χ1v) is 34.1. The second-order valence-corrected chi connectivity index (χ2v) is 25.3. The maximum Gasteiger partial charge on any atom is 0.184 e. The molecular weight excluding hydrogens is 1260 g/mol. The molecule has 0 radical (unpaired) electrons. The van der Waals surface area contributed by atoms with Gasteiger partial charge in [-0.15, -0.1) is 10.2 Å². The minimum Gasteiger partial charge on any atom is -0.390 e. The largest absolute Gasteiger partial charge is 0.390 e. The number of halogens is 2. The van der Waals surface area contributed by atoms with Gasteiger partial charge in [-0.1, -0.05) is 329 Å². The third-order valence-electron chi connectivity index (χ3n) is 18.9. The van der Waals surface area contributed by atoms with Crippen LogP contribution in [0.4, 0.5) is 0 Å². The number of benzene rings is 10. The second kappa shape index (κ2) is 28.9. The molecule has 0 saturated carbocycles. The molecule has 0 bridgehead atoms. The maximum atomic E-state index is 13.1. The molecule has 486 valence electrons. The van der Waals surface area contributed by atoms with Crippen molar-refractivity contribution in [2.75, 3.05) is 0 Å². The Kier molecular flexibility index (Phi) is 19.1. The third kappa shape index (κ3) is 12.0. The smallest absolute Gasteiger partial charge is 0.184 e. The van der Waals surface area contributed by atoms with E-state index < -0.39 is 23.1 Å². The topological polar surface area (TPSA) is 163 Å². The molecule has 4 heterocycles. The molecular formula is C82H72Cl2N12O2. The average Bonchev–Trinajstić information content (AvgIpc) is 1.20. The lowest BCUT2D eigenvalue weighted by Crippen LogP contribution is -2.39. The molecule has 4 aromatic heterocycles. The third-order valence-corrected chi connectivity index (χ3v) is 19.4. The van der Waals surface area contributed by atoms with Crippen molar-refractivity contribution in [3.63, 3.8) is 0 Å². The van der Waals surface area contributed by atoms with Gasteiger partial charge in [0.25, 0.3) is 0 Å². The van der Waals surface area contributed by atoms with Crippen molar-refractivity contribution in [3.05, 3.63) is 357 Å². The zero-order valence-corrected chi connectivity index (χ0v) is 55.9. The van der Waals surface area contributed by atoms with Crippen molar-refractivity contribution < 1.29 is 10.2 Å². The lowest BCUT2D eigenvalue weighted by atomic mass is 9.77. The highest BCUT2D eigenvalue weighted by atomic mass is 35.5. The van der Waals surface area contributed by atoms with Crippen LogP contribution in [-0.4, -0.2) is 69.7 Å². The Bertz CT molecular complexity index is 4760. The molecule has 0 fully saturated rings. The summed E-state index contributed by atoms with van der Waals surface area (Å²) < 4.78 is 7.95. The van der Waals surface area contributed by atoms with Crippen LogP contribution < -0.4 is 0 Å². The first kappa shape index (κ1) is 64.6. The number of hydrogen-bond donors (Lipinski definition) is 2. The van der Waals surface area contributed by atoms with Crippen LogP contribution in [0.3, 0.4) is 0 Å². The SMILES string of the molecule is CCCCc1nc(Cl)c(C(O)C(CCC)c2nc(Cl)c(CO)n2Cc2ccc(-c3ccccc3-c3nnnn3C(c3ccccc3)(c3ccccc3)c3ccccc3)cc2)n1Cc1ccc(-c2ccccc2-c2nnnn2C(c2ccccc2)(c2ccccc2)c2ccccc2)cc1. The van der Waals surface area contributed by atoms with Gasteiger partial charge in [0.2, 0.25) is 0 Å². The van der Waals surface area contributed by atoms with Crippen molar-refractivity contribution in [1.82, 2.24) is 59.5 Å². The van der Waals surface area contributed by atoms with Crippen LogP contribution in [0.2, 0.25) is 10.3 Å². The molecule has 2 N–H and O–H groups in total. The zero-order valence-electron chi connectivity index (χ0n) is 54.4. The number of tetrazole rings is 2. The highest BCUT2D eigenvalue weighted by Gasteiger charge is 2.44. The van der Waals surface area contributed by atoms with E-state index in [2.05, 4.69) is 247 Å². The van der Waals surface area contributed by atoms with E-state index in [-0.39, 0.29) is 16.9 Å². The van der Waals surface area contributed by atoms with Gasteiger partial charge in [-0.3, -0.25) is 0 Å². The molecule has 0 spiro atoms. The van der Waals surface area contributed by atoms with Crippen LogP contribution in [0, 0.1) is 0 Å². The number of hydrogen-bond acceptors (Lipinski definition) is 10. The van der Waals surface area contributed by atoms with Crippen LogP contribution in [0.25, 0.3) is 45.0 Å². The maximum absolute atomic E-state index is 13.1. The molecule has 2 atom stereocenters. The molecule has 16 heteroatoms. The van der Waals surface area contributed by atoms with Gasteiger partial charge < -0.3 is 19.3 Å². The number of aliphatic hydroxyl groups excluding tert-OH is 2. The number of rotatable bonds is 25. The summed E-state index contributed by atoms with van der Waals surface area (Å²) in [5, 5.41) is 52.7. The van der Waals surface area contributed by atoms with Crippen molar-refractivity contribution >= 4 is 23.2 Å². The van der Waals surface area contributed by atoms with Crippen LogP contribution in [0.1, 0.15) is 119 Å². The van der Waals surface area contributed by atoms with E-state index in [0.29, 0.717) is 61.2 Å². The molecule has 14 aromatic rings. The summed E-state index contributed by atoms with van der Waals surface area (Å²) in [6.07, 6.45) is 2.53. The summed E-state index contributed by atoms with van der Waals surface area (Å²) in [6, 6.07) is 95.6. The molecule has 0 aliphatic heterocycles. The van der Waals surface area contributed by atoms with E-state index in [4.69, 9.17) is 53.8 Å². The van der Waals surface area contributed by atoms with Crippen molar-refractivity contribution in [2.24, 2.45) is 0 Å². The van der Waals surface area contributed by atoms with Crippen LogP contribution in [0.5, 0.6) is 0 Å². The minimum atomic E-state index is -1.17. The summed E-state index contributed by atoms with van der Waals surface area (Å²) in [7, 11) is 0. The van der Waals surface area contributed by atoms with Gasteiger partial charge in [0.15, 0.2) is 22.0 Å². The lowest BCUT2D eigenvalue weighted by molar-refractivity contribution is 0.125. The molecule has 0 aliphatic rings. The molecule has 0 aliphatic carbocycles. The van der Waals surface area contributed by atoms with Gasteiger partial charge in [-0.25, -0.2) is 19.3 Å². The summed E-state index contributed by atoms with van der Waals surface area (Å²) in [5.41, 5.74) is 12.5. The van der Waals surface area contributed by atoms with Crippen LogP contribution in [0.15, 0.2) is 279 Å². The molecule has 0 amide bonds. The fourth-order valence-corrected chi connectivity index (χ4v) is 14.8. The molecule has 0 saturated heterocycles. The summed E-state index contributed by atoms with van der Waals surface area (Å²) in [4.78, 5) is 9.96. The fourth-order valence-electron chi connectivity index (χ4n) is 14.3. The van der Waals surface area contributed by atoms with Crippen molar-refractivity contribution in [1.29, 1.82) is 0 Å². The van der Waals surface area contributed by atoms with Gasteiger partial charge >= 0.3 is 0 Å². The molecule has 14 nitrogen and oxygen atoms in total. The number of aliphatic hydroxyl groups is 2. The standard InChI is InChI=1S/C82H72Cl2N12O2/c1-3-5-45-73-85-77(84)74(94(73)55-58-48-52-60(53-49-58)68-42-25-27-44-70(68)80-88-90-92-96(80)82(64-35-18-9-19-36-64,65-37-20-10-21-38-65)66-39-22-11-23-40-66)75(98)71(28-4-2)78-86-76(83)72(56-97)93(78)54-57-46-50-59(51-47-57)67-41-24-26-43-69(67)79-87-89-91-95(79)81(61-29-12-6-13-30-61,62-31-14-7-15-32-62)63-33-16-8-17-34-63/h6-27,29-44,46-53,71,75,97-98H,3-5,28,45,54-56H2,1-2H3. The van der Waals surface area contributed by atoms with Crippen molar-refractivity contribution in [2.45, 2.75) is 88.7 Å². The number of aromatic nitrogens is 12. The van der Waals surface area contributed by atoms with Crippen LogP contribution >= 0.6 is 23.2 Å². The Hall–Kier alpha value is -10.7. The monoisotopic (exact) mass is 1330 g/mol. The predicted molar refractivity (Wildman–Crippen MR) is 386 cm³/mol. The Morgan fingerprint density at radius 1 is 0.418 bits per heavy atom. The molecule has 98 heavy (non-hydrogen) atoms. The predicted octanol–water partition coefficient (Wildman–Crippen LogP) is 17.3. The Morgan fingerprint density at radius 3 is 1.15 bits per heavy atom. The van der Waals surface area contributed by atoms with Gasteiger partial charge in [-0.2, -0.15) is 0 Å². The normalized spacial score (nSPS) is 12.4. The van der Waals surface area contributed by atoms with Crippen molar-refractivity contribution in [3.8, 4) is 45.0 Å². The number of imidazole rings is 2. The van der Waals surface area contributed by atoms with E-state index in [1.54, 1.807) is 0 Å². The highest BCUT2D eigenvalue weighted by Crippen LogP contribution is 2.47. The Morgan fingerprint density at radius 2 is 0.786 bits per heavy atom. The first-order valence-electron chi connectivity index (χ1n) is 33.3. The van der Waals surface area contributed by atoms with E-state index in [1.165, 1.54) is 0 Å². The van der Waals surface area contributed by atoms with Crippen LogP contribution in [-0.2, 0) is 37.2 Å². The summed E-state index contributed by atoms with van der Waals surface area (Å²) >= 11 is 14.3. The minimum absolute atomic E-state index is 0.168. The molecule has 14 rings (SSSR count).